The molecule has 1 unspecified atom stereocenters. The van der Waals surface area contributed by atoms with Crippen LogP contribution in [0.2, 0.25) is 0 Å². The van der Waals surface area contributed by atoms with Crippen LogP contribution >= 0.6 is 0 Å². The van der Waals surface area contributed by atoms with E-state index in [-0.39, 0.29) is 5.75 Å². The van der Waals surface area contributed by atoms with Crippen LogP contribution in [0.4, 0.5) is 5.69 Å². The smallest absolute Gasteiger partial charge is 0.261 e. The second-order valence-corrected chi connectivity index (χ2v) is 3.97. The summed E-state index contributed by atoms with van der Waals surface area (Å²) in [4.78, 5) is 0. The van der Waals surface area contributed by atoms with Gasteiger partial charge in [-0.05, 0) is 37.1 Å². The average molecular weight is 215 g/mol. The highest BCUT2D eigenvalue weighted by Gasteiger charge is 2.04. The molecule has 14 heavy (non-hydrogen) atoms. The van der Waals surface area contributed by atoms with Crippen molar-refractivity contribution in [1.82, 2.24) is 0 Å². The zero-order valence-electron chi connectivity index (χ0n) is 8.33. The van der Waals surface area contributed by atoms with Crippen LogP contribution in [0.1, 0.15) is 11.1 Å². The van der Waals surface area contributed by atoms with E-state index in [1.165, 1.54) is 7.11 Å². The molecule has 0 aliphatic heterocycles. The standard InChI is InChI=1S/C9H13NO3S/c1-6-4-8(10-14(12)13-3)5-7(2)9(6)11/h4-5,10-11H,1-3H3. The van der Waals surface area contributed by atoms with E-state index >= 15 is 0 Å². The molecule has 2 N–H and O–H groups in total. The van der Waals surface area contributed by atoms with Gasteiger partial charge in [0.25, 0.3) is 11.3 Å². The lowest BCUT2D eigenvalue weighted by atomic mass is 10.1. The first-order valence-electron chi connectivity index (χ1n) is 4.07. The predicted molar refractivity (Wildman–Crippen MR) is 56.4 cm³/mol. The van der Waals surface area contributed by atoms with Crippen molar-refractivity contribution in [3.63, 3.8) is 0 Å². The topological polar surface area (TPSA) is 58.6 Å². The Hall–Kier alpha value is -1.07. The van der Waals surface area contributed by atoms with Gasteiger partial charge in [0.2, 0.25) is 0 Å². The van der Waals surface area contributed by atoms with Crippen molar-refractivity contribution in [2.75, 3.05) is 11.8 Å². The summed E-state index contributed by atoms with van der Waals surface area (Å²) in [5.74, 6) is 0.263. The molecular formula is C9H13NO3S. The maximum Gasteiger partial charge on any atom is 0.261 e. The lowest BCUT2D eigenvalue weighted by Gasteiger charge is -2.08. The number of anilines is 1. The quantitative estimate of drug-likeness (QED) is 0.754. The Morgan fingerprint density at radius 3 is 2.29 bits per heavy atom. The summed E-state index contributed by atoms with van der Waals surface area (Å²) >= 11 is -1.53. The van der Waals surface area contributed by atoms with Crippen molar-refractivity contribution in [3.8, 4) is 5.75 Å². The molecule has 0 aliphatic carbocycles. The monoisotopic (exact) mass is 215 g/mol. The molecule has 0 amide bonds. The summed E-state index contributed by atoms with van der Waals surface area (Å²) in [6.45, 7) is 3.56. The van der Waals surface area contributed by atoms with Crippen LogP contribution < -0.4 is 4.72 Å². The SMILES string of the molecule is COS(=O)Nc1cc(C)c(O)c(C)c1. The van der Waals surface area contributed by atoms with Gasteiger partial charge in [-0.2, -0.15) is 0 Å². The average Bonchev–Trinajstić information content (AvgIpc) is 2.14. The highest BCUT2D eigenvalue weighted by atomic mass is 32.2. The van der Waals surface area contributed by atoms with E-state index < -0.39 is 11.3 Å². The molecule has 0 saturated heterocycles. The normalized spacial score (nSPS) is 12.5. The van der Waals surface area contributed by atoms with Crippen LogP contribution in [-0.2, 0) is 15.4 Å². The second-order valence-electron chi connectivity index (χ2n) is 2.96. The van der Waals surface area contributed by atoms with Crippen LogP contribution in [0, 0.1) is 13.8 Å². The van der Waals surface area contributed by atoms with Gasteiger partial charge in [-0.15, -0.1) is 0 Å². The minimum atomic E-state index is -1.53. The molecule has 0 aromatic heterocycles. The predicted octanol–water partition coefficient (Wildman–Crippen LogP) is 1.65. The summed E-state index contributed by atoms with van der Waals surface area (Å²) in [5, 5.41) is 9.49. The minimum Gasteiger partial charge on any atom is -0.507 e. The summed E-state index contributed by atoms with van der Waals surface area (Å²) in [6, 6.07) is 3.42. The van der Waals surface area contributed by atoms with Crippen LogP contribution in [0.5, 0.6) is 5.75 Å². The number of hydrogen-bond donors (Lipinski definition) is 2. The molecule has 0 radical (unpaired) electrons. The molecule has 0 heterocycles. The Balaban J connectivity index is 2.95. The molecule has 1 aromatic carbocycles. The summed E-state index contributed by atoms with van der Waals surface area (Å²) in [5.41, 5.74) is 2.14. The van der Waals surface area contributed by atoms with E-state index in [9.17, 15) is 9.32 Å². The fourth-order valence-corrected chi connectivity index (χ4v) is 1.55. The van der Waals surface area contributed by atoms with Gasteiger partial charge >= 0.3 is 0 Å². The number of phenols is 1. The van der Waals surface area contributed by atoms with Gasteiger partial charge in [0.05, 0.1) is 7.11 Å². The lowest BCUT2D eigenvalue weighted by Crippen LogP contribution is -2.05. The van der Waals surface area contributed by atoms with Crippen LogP contribution in [0.3, 0.4) is 0 Å². The van der Waals surface area contributed by atoms with Crippen molar-refractivity contribution in [2.24, 2.45) is 0 Å². The molecule has 4 nitrogen and oxygen atoms in total. The molecule has 78 valence electrons. The highest BCUT2D eigenvalue weighted by molar-refractivity contribution is 7.81. The largest absolute Gasteiger partial charge is 0.507 e. The summed E-state index contributed by atoms with van der Waals surface area (Å²) in [7, 11) is 1.35. The number of phenolic OH excluding ortho intramolecular Hbond substituents is 1. The van der Waals surface area contributed by atoms with Crippen molar-refractivity contribution < 1.29 is 13.5 Å². The Morgan fingerprint density at radius 2 is 1.86 bits per heavy atom. The van der Waals surface area contributed by atoms with E-state index in [1.54, 1.807) is 26.0 Å². The van der Waals surface area contributed by atoms with Crippen molar-refractivity contribution in [3.05, 3.63) is 23.3 Å². The van der Waals surface area contributed by atoms with E-state index in [4.69, 9.17) is 0 Å². The maximum atomic E-state index is 11.0. The number of nitrogens with one attached hydrogen (secondary N) is 1. The third kappa shape index (κ3) is 2.46. The van der Waals surface area contributed by atoms with E-state index in [0.29, 0.717) is 5.69 Å². The number of rotatable bonds is 3. The Kier molecular flexibility index (Phi) is 3.49. The third-order valence-electron chi connectivity index (χ3n) is 1.84. The van der Waals surface area contributed by atoms with E-state index in [1.807, 2.05) is 0 Å². The Labute approximate surface area is 85.7 Å². The summed E-state index contributed by atoms with van der Waals surface area (Å²) in [6.07, 6.45) is 0. The van der Waals surface area contributed by atoms with Gasteiger partial charge in [-0.1, -0.05) is 0 Å². The van der Waals surface area contributed by atoms with Crippen molar-refractivity contribution in [1.29, 1.82) is 0 Å². The molecule has 0 aliphatic rings. The summed E-state index contributed by atoms with van der Waals surface area (Å²) < 4.78 is 18.2. The first-order chi connectivity index (χ1) is 6.54. The van der Waals surface area contributed by atoms with Gasteiger partial charge in [-0.3, -0.25) is 8.91 Å². The fourth-order valence-electron chi connectivity index (χ4n) is 1.15. The third-order valence-corrected chi connectivity index (χ3v) is 2.55. The van der Waals surface area contributed by atoms with Crippen LogP contribution in [-0.4, -0.2) is 16.4 Å². The molecule has 0 spiro atoms. The zero-order valence-corrected chi connectivity index (χ0v) is 9.14. The van der Waals surface area contributed by atoms with Crippen LogP contribution in [0.15, 0.2) is 12.1 Å². The molecule has 1 rings (SSSR count). The van der Waals surface area contributed by atoms with Gasteiger partial charge in [0, 0.05) is 5.69 Å². The molecule has 5 heteroatoms. The number of aromatic hydroxyl groups is 1. The van der Waals surface area contributed by atoms with Crippen LogP contribution in [0.25, 0.3) is 0 Å². The van der Waals surface area contributed by atoms with Gasteiger partial charge in [-0.25, -0.2) is 4.21 Å². The molecule has 1 atom stereocenters. The van der Waals surface area contributed by atoms with Gasteiger partial charge < -0.3 is 5.11 Å². The molecule has 0 fully saturated rings. The minimum absolute atomic E-state index is 0.263. The van der Waals surface area contributed by atoms with Gasteiger partial charge in [0.1, 0.15) is 5.75 Å². The fraction of sp³-hybridized carbons (Fsp3) is 0.333. The first-order valence-corrected chi connectivity index (χ1v) is 5.15. The highest BCUT2D eigenvalue weighted by Crippen LogP contribution is 2.25. The lowest BCUT2D eigenvalue weighted by molar-refractivity contribution is 0.449. The molecule has 1 aromatic rings. The first kappa shape index (κ1) is 11.0. The van der Waals surface area contributed by atoms with Crippen molar-refractivity contribution >= 4 is 17.0 Å². The molecule has 0 bridgehead atoms. The second kappa shape index (κ2) is 4.43. The maximum absolute atomic E-state index is 11.0. The van der Waals surface area contributed by atoms with Gasteiger partial charge in [0.15, 0.2) is 0 Å². The number of aryl methyl sites for hydroxylation is 2. The molecular weight excluding hydrogens is 202 g/mol. The van der Waals surface area contributed by atoms with E-state index in [0.717, 1.165) is 11.1 Å². The Morgan fingerprint density at radius 1 is 1.36 bits per heavy atom. The number of benzene rings is 1. The van der Waals surface area contributed by atoms with Crippen molar-refractivity contribution in [2.45, 2.75) is 13.8 Å². The zero-order chi connectivity index (χ0) is 10.7. The Bertz CT molecular complexity index is 342. The number of hydrogen-bond acceptors (Lipinski definition) is 3. The van der Waals surface area contributed by atoms with E-state index in [2.05, 4.69) is 8.91 Å². The molecule has 0 saturated carbocycles.